The minimum absolute atomic E-state index is 0.144. The summed E-state index contributed by atoms with van der Waals surface area (Å²) in [5, 5.41) is 0. The quantitative estimate of drug-likeness (QED) is 0.297. The number of thiazole rings is 1. The van der Waals surface area contributed by atoms with Crippen LogP contribution in [0.2, 0.25) is 0 Å². The van der Waals surface area contributed by atoms with Crippen LogP contribution in [-0.2, 0) is 9.53 Å². The van der Waals surface area contributed by atoms with Gasteiger partial charge in [-0.25, -0.2) is 9.79 Å². The first-order chi connectivity index (χ1) is 19.5. The largest absolute Gasteiger partial charge is 0.496 e. The number of hydrogen-bond acceptors (Lipinski definition) is 8. The summed E-state index contributed by atoms with van der Waals surface area (Å²) in [4.78, 5) is 33.0. The molecule has 6 rings (SSSR count). The third kappa shape index (κ3) is 4.52. The number of fused-ring (bicyclic) bond motifs is 2. The van der Waals surface area contributed by atoms with Crippen LogP contribution >= 0.6 is 27.3 Å². The molecule has 0 bridgehead atoms. The maximum atomic E-state index is 14.1. The Bertz CT molecular complexity index is 1840. The molecule has 0 fully saturated rings. The van der Waals surface area contributed by atoms with E-state index >= 15 is 0 Å². The summed E-state index contributed by atoms with van der Waals surface area (Å²) < 4.78 is 25.0. The molecule has 3 heterocycles. The maximum absolute atomic E-state index is 14.1. The summed E-state index contributed by atoms with van der Waals surface area (Å²) in [7, 11) is 1.56. The molecule has 1 aromatic heterocycles. The van der Waals surface area contributed by atoms with Crippen molar-refractivity contribution in [2.75, 3.05) is 20.5 Å². The Kier molecular flexibility index (Phi) is 7.03. The molecule has 10 heteroatoms. The summed E-state index contributed by atoms with van der Waals surface area (Å²) in [6, 6.07) is 19.6. The third-order valence-corrected chi connectivity index (χ3v) is 8.26. The predicted molar refractivity (Wildman–Crippen MR) is 154 cm³/mol. The van der Waals surface area contributed by atoms with E-state index in [0.29, 0.717) is 37.8 Å². The molecule has 8 nitrogen and oxygen atoms in total. The van der Waals surface area contributed by atoms with Gasteiger partial charge in [-0.1, -0.05) is 75.8 Å². The second-order valence-corrected chi connectivity index (χ2v) is 10.8. The molecule has 4 aromatic rings. The Morgan fingerprint density at radius 3 is 2.60 bits per heavy atom. The van der Waals surface area contributed by atoms with Gasteiger partial charge in [0.05, 0.1) is 29.5 Å². The Balaban J connectivity index is 1.65. The lowest BCUT2D eigenvalue weighted by Crippen LogP contribution is -2.40. The van der Waals surface area contributed by atoms with Crippen molar-refractivity contribution in [1.29, 1.82) is 0 Å². The lowest BCUT2D eigenvalue weighted by atomic mass is 9.92. The number of benzene rings is 3. The van der Waals surface area contributed by atoms with Crippen LogP contribution in [0.25, 0.3) is 11.8 Å². The van der Waals surface area contributed by atoms with Gasteiger partial charge in [-0.2, -0.15) is 0 Å². The van der Waals surface area contributed by atoms with E-state index < -0.39 is 12.0 Å². The maximum Gasteiger partial charge on any atom is 0.338 e. The monoisotopic (exact) mass is 618 g/mol. The van der Waals surface area contributed by atoms with Crippen molar-refractivity contribution in [2.45, 2.75) is 13.0 Å². The van der Waals surface area contributed by atoms with Crippen LogP contribution in [0.1, 0.15) is 29.7 Å². The summed E-state index contributed by atoms with van der Waals surface area (Å²) >= 11 is 4.82. The van der Waals surface area contributed by atoms with Crippen molar-refractivity contribution in [3.63, 3.8) is 0 Å². The van der Waals surface area contributed by atoms with Gasteiger partial charge in [0.15, 0.2) is 16.3 Å². The molecule has 1 unspecified atom stereocenters. The van der Waals surface area contributed by atoms with E-state index in [-0.39, 0.29) is 24.5 Å². The van der Waals surface area contributed by atoms with Gasteiger partial charge in [0, 0.05) is 15.6 Å². The Morgan fingerprint density at radius 1 is 1.12 bits per heavy atom. The molecule has 0 amide bonds. The first-order valence-electron chi connectivity index (χ1n) is 12.5. The van der Waals surface area contributed by atoms with Gasteiger partial charge in [-0.15, -0.1) is 0 Å². The van der Waals surface area contributed by atoms with Crippen LogP contribution in [0.5, 0.6) is 17.2 Å². The zero-order valence-corrected chi connectivity index (χ0v) is 24.0. The second kappa shape index (κ2) is 10.8. The van der Waals surface area contributed by atoms with Gasteiger partial charge in [-0.05, 0) is 36.8 Å². The molecule has 0 saturated carbocycles. The Hall–Kier alpha value is -4.15. The number of nitrogens with zero attached hydrogens (tertiary/aromatic N) is 2. The number of carbonyl (C=O) groups excluding carboxylic acids is 1. The highest BCUT2D eigenvalue weighted by Crippen LogP contribution is 2.39. The third-order valence-electron chi connectivity index (χ3n) is 6.59. The molecular weight excluding hydrogens is 596 g/mol. The number of carbonyl (C=O) groups is 1. The normalized spacial score (nSPS) is 16.0. The minimum Gasteiger partial charge on any atom is -0.496 e. The molecule has 0 spiro atoms. The van der Waals surface area contributed by atoms with Crippen LogP contribution in [0, 0.1) is 0 Å². The van der Waals surface area contributed by atoms with Gasteiger partial charge in [0.25, 0.3) is 5.56 Å². The topological polar surface area (TPSA) is 88.4 Å². The van der Waals surface area contributed by atoms with Gasteiger partial charge in [0.2, 0.25) is 6.79 Å². The van der Waals surface area contributed by atoms with E-state index in [9.17, 15) is 9.59 Å². The molecule has 0 radical (unpaired) electrons. The molecule has 0 N–H and O–H groups in total. The first-order valence-corrected chi connectivity index (χ1v) is 14.1. The van der Waals surface area contributed by atoms with E-state index in [0.717, 1.165) is 15.6 Å². The van der Waals surface area contributed by atoms with Gasteiger partial charge >= 0.3 is 5.97 Å². The van der Waals surface area contributed by atoms with Crippen molar-refractivity contribution in [3.8, 4) is 17.2 Å². The lowest BCUT2D eigenvalue weighted by Gasteiger charge is -2.27. The van der Waals surface area contributed by atoms with E-state index in [4.69, 9.17) is 23.9 Å². The highest BCUT2D eigenvalue weighted by atomic mass is 79.9. The molecule has 2 aliphatic heterocycles. The number of hydrogen-bond donors (Lipinski definition) is 0. The summed E-state index contributed by atoms with van der Waals surface area (Å²) in [6.45, 7) is 2.06. The van der Waals surface area contributed by atoms with Crippen LogP contribution in [-0.4, -0.2) is 31.0 Å². The fourth-order valence-corrected chi connectivity index (χ4v) is 6.24. The van der Waals surface area contributed by atoms with Crippen molar-refractivity contribution in [2.24, 2.45) is 4.99 Å². The predicted octanol–water partition coefficient (Wildman–Crippen LogP) is 4.44. The van der Waals surface area contributed by atoms with Crippen LogP contribution in [0.3, 0.4) is 0 Å². The Labute approximate surface area is 241 Å². The van der Waals surface area contributed by atoms with Crippen LogP contribution in [0.15, 0.2) is 86.6 Å². The minimum atomic E-state index is -0.830. The van der Waals surface area contributed by atoms with Crippen LogP contribution in [0.4, 0.5) is 0 Å². The molecule has 1 atom stereocenters. The van der Waals surface area contributed by atoms with Crippen molar-refractivity contribution < 1.29 is 23.7 Å². The van der Waals surface area contributed by atoms with E-state index in [1.807, 2.05) is 60.7 Å². The number of ether oxygens (including phenoxy) is 4. The zero-order valence-electron chi connectivity index (χ0n) is 21.5. The van der Waals surface area contributed by atoms with Crippen molar-refractivity contribution >= 4 is 45.0 Å². The number of esters is 1. The van der Waals surface area contributed by atoms with Gasteiger partial charge in [-0.3, -0.25) is 9.36 Å². The number of rotatable bonds is 6. The summed E-state index contributed by atoms with van der Waals surface area (Å²) in [5.41, 5.74) is 2.55. The van der Waals surface area contributed by atoms with Crippen molar-refractivity contribution in [3.05, 3.63) is 113 Å². The average molecular weight is 619 g/mol. The first kappa shape index (κ1) is 26.1. The lowest BCUT2D eigenvalue weighted by molar-refractivity contribution is -0.138. The number of halogens is 1. The highest BCUT2D eigenvalue weighted by molar-refractivity contribution is 9.10. The zero-order chi connectivity index (χ0) is 27.8. The number of methoxy groups -OCH3 is 1. The fourth-order valence-electron chi connectivity index (χ4n) is 4.81. The molecule has 0 aliphatic carbocycles. The Morgan fingerprint density at radius 2 is 1.85 bits per heavy atom. The second-order valence-electron chi connectivity index (χ2n) is 8.90. The number of aromatic nitrogens is 1. The van der Waals surface area contributed by atoms with Gasteiger partial charge in [0.1, 0.15) is 11.8 Å². The summed E-state index contributed by atoms with van der Waals surface area (Å²) in [6.07, 6.45) is 1.78. The molecule has 2 aliphatic rings. The molecule has 0 saturated heterocycles. The van der Waals surface area contributed by atoms with E-state index in [2.05, 4.69) is 15.9 Å². The van der Waals surface area contributed by atoms with E-state index in [1.165, 1.54) is 11.3 Å². The molecule has 3 aromatic carbocycles. The molecule has 40 heavy (non-hydrogen) atoms. The standard InChI is InChI=1S/C30H23BrN2O6S/c1-3-37-29(35)25-26(17-9-5-4-6-10-17)32-30-33(27(25)19-11-7-8-12-21(19)36-2)28(34)24(40-30)14-18-13-22-23(15-20(18)31)39-16-38-22/h4-15,27H,3,16H2,1-2H3/b24-14+. The average Bonchev–Trinajstić information content (AvgIpc) is 3.56. The van der Waals surface area contributed by atoms with E-state index in [1.54, 1.807) is 30.7 Å². The smallest absolute Gasteiger partial charge is 0.338 e. The molecular formula is C30H23BrN2O6S. The highest BCUT2D eigenvalue weighted by Gasteiger charge is 2.36. The number of para-hydroxylation sites is 1. The SMILES string of the molecule is CCOC(=O)C1=C(c2ccccc2)N=c2s/c(=C/c3cc4c(cc3Br)OCO4)c(=O)n2C1c1ccccc1OC. The fraction of sp³-hybridized carbons (Fsp3) is 0.167. The van der Waals surface area contributed by atoms with Crippen LogP contribution < -0.4 is 29.1 Å². The van der Waals surface area contributed by atoms with Gasteiger partial charge < -0.3 is 18.9 Å². The van der Waals surface area contributed by atoms with Crippen molar-refractivity contribution in [1.82, 2.24) is 4.57 Å². The molecule has 202 valence electrons. The summed E-state index contributed by atoms with van der Waals surface area (Å²) in [5.74, 6) is 1.23.